The topological polar surface area (TPSA) is 40.5 Å². The molecule has 3 heterocycles. The van der Waals surface area contributed by atoms with Gasteiger partial charge >= 0.3 is 0 Å². The van der Waals surface area contributed by atoms with Crippen LogP contribution in [0.15, 0.2) is 23.3 Å². The smallest absolute Gasteiger partial charge is 0.194 e. The first-order chi connectivity index (χ1) is 7.84. The van der Waals surface area contributed by atoms with Gasteiger partial charge in [0.05, 0.1) is 17.9 Å². The van der Waals surface area contributed by atoms with Crippen LogP contribution < -0.4 is 5.32 Å². The van der Waals surface area contributed by atoms with Gasteiger partial charge in [0.25, 0.3) is 0 Å². The van der Waals surface area contributed by atoms with Gasteiger partial charge < -0.3 is 10.2 Å². The first-order valence-electron chi connectivity index (χ1n) is 5.51. The average molecular weight is 220 g/mol. The Morgan fingerprint density at radius 3 is 3.19 bits per heavy atom. The summed E-state index contributed by atoms with van der Waals surface area (Å²) in [6.45, 7) is 2.68. The summed E-state index contributed by atoms with van der Waals surface area (Å²) in [4.78, 5) is 10.8. The van der Waals surface area contributed by atoms with Gasteiger partial charge in [0, 0.05) is 19.6 Å². The lowest BCUT2D eigenvalue weighted by Gasteiger charge is -2.31. The lowest BCUT2D eigenvalue weighted by atomic mass is 10.1. The molecule has 1 aromatic heterocycles. The number of halogens is 1. The minimum absolute atomic E-state index is 0.239. The maximum absolute atomic E-state index is 12.8. The number of fused-ring (bicyclic) bond motifs is 1. The van der Waals surface area contributed by atoms with Crippen molar-refractivity contribution in [1.29, 1.82) is 0 Å². The molecule has 16 heavy (non-hydrogen) atoms. The predicted molar refractivity (Wildman–Crippen MR) is 58.6 cm³/mol. The lowest BCUT2D eigenvalue weighted by molar-refractivity contribution is 0.308. The number of nitrogens with zero attached hydrogens (tertiary/aromatic N) is 3. The van der Waals surface area contributed by atoms with E-state index in [0.717, 1.165) is 37.7 Å². The maximum atomic E-state index is 12.8. The highest BCUT2D eigenvalue weighted by atomic mass is 19.1. The molecule has 1 aromatic rings. The SMILES string of the molecule is Fc1ccc(C2CCN=C3NCCN32)nc1. The van der Waals surface area contributed by atoms with Crippen molar-refractivity contribution in [3.63, 3.8) is 0 Å². The van der Waals surface area contributed by atoms with E-state index < -0.39 is 0 Å². The van der Waals surface area contributed by atoms with Gasteiger partial charge in [-0.2, -0.15) is 0 Å². The second-order valence-corrected chi connectivity index (χ2v) is 4.03. The van der Waals surface area contributed by atoms with Crippen molar-refractivity contribution < 1.29 is 4.39 Å². The zero-order valence-corrected chi connectivity index (χ0v) is 8.86. The Balaban J connectivity index is 1.89. The number of hydrogen-bond acceptors (Lipinski definition) is 4. The highest BCUT2D eigenvalue weighted by molar-refractivity contribution is 5.82. The molecule has 5 heteroatoms. The third-order valence-corrected chi connectivity index (χ3v) is 3.04. The van der Waals surface area contributed by atoms with E-state index in [4.69, 9.17) is 0 Å². The van der Waals surface area contributed by atoms with Gasteiger partial charge in [0.15, 0.2) is 5.96 Å². The van der Waals surface area contributed by atoms with Gasteiger partial charge in [0.2, 0.25) is 0 Å². The first kappa shape index (κ1) is 9.57. The standard InChI is InChI=1S/C11H13FN4/c12-8-1-2-9(15-7-8)10-3-4-13-11-14-5-6-16(10)11/h1-2,7,10H,3-6H2,(H,13,14). The lowest BCUT2D eigenvalue weighted by Crippen LogP contribution is -2.37. The highest BCUT2D eigenvalue weighted by Crippen LogP contribution is 2.27. The number of aromatic nitrogens is 1. The largest absolute Gasteiger partial charge is 0.354 e. The van der Waals surface area contributed by atoms with E-state index in [1.807, 2.05) is 0 Å². The minimum Gasteiger partial charge on any atom is -0.354 e. The molecule has 1 fully saturated rings. The van der Waals surface area contributed by atoms with Crippen molar-refractivity contribution in [2.45, 2.75) is 12.5 Å². The van der Waals surface area contributed by atoms with Gasteiger partial charge in [-0.15, -0.1) is 0 Å². The third kappa shape index (κ3) is 1.52. The molecule has 0 amide bonds. The fourth-order valence-corrected chi connectivity index (χ4v) is 2.29. The molecule has 2 aliphatic rings. The molecule has 3 rings (SSSR count). The zero-order valence-electron chi connectivity index (χ0n) is 8.86. The molecule has 0 bridgehead atoms. The van der Waals surface area contributed by atoms with E-state index in [9.17, 15) is 4.39 Å². The van der Waals surface area contributed by atoms with Crippen molar-refractivity contribution in [3.05, 3.63) is 29.8 Å². The van der Waals surface area contributed by atoms with E-state index >= 15 is 0 Å². The second-order valence-electron chi connectivity index (χ2n) is 4.03. The normalized spacial score (nSPS) is 23.7. The summed E-state index contributed by atoms with van der Waals surface area (Å²) >= 11 is 0. The fourth-order valence-electron chi connectivity index (χ4n) is 2.29. The molecule has 1 saturated heterocycles. The van der Waals surface area contributed by atoms with Crippen LogP contribution in [0.1, 0.15) is 18.2 Å². The predicted octanol–water partition coefficient (Wildman–Crippen LogP) is 0.927. The Hall–Kier alpha value is -1.65. The van der Waals surface area contributed by atoms with Crippen LogP contribution >= 0.6 is 0 Å². The molecule has 1 unspecified atom stereocenters. The molecule has 84 valence electrons. The Kier molecular flexibility index (Phi) is 2.23. The Morgan fingerprint density at radius 1 is 1.44 bits per heavy atom. The Bertz CT molecular complexity index is 414. The van der Waals surface area contributed by atoms with Gasteiger partial charge in [-0.05, 0) is 18.6 Å². The summed E-state index contributed by atoms with van der Waals surface area (Å²) in [5.74, 6) is 0.676. The minimum atomic E-state index is -0.284. The molecular formula is C11H13FN4. The number of hydrogen-bond donors (Lipinski definition) is 1. The summed E-state index contributed by atoms with van der Waals surface area (Å²) in [6, 6.07) is 3.47. The van der Waals surface area contributed by atoms with Crippen LogP contribution in [0.2, 0.25) is 0 Å². The molecule has 2 aliphatic heterocycles. The van der Waals surface area contributed by atoms with Crippen molar-refractivity contribution >= 4 is 5.96 Å². The van der Waals surface area contributed by atoms with Crippen LogP contribution in [0.5, 0.6) is 0 Å². The number of pyridine rings is 1. The zero-order chi connectivity index (χ0) is 11.0. The molecule has 0 saturated carbocycles. The molecule has 1 atom stereocenters. The molecule has 0 radical (unpaired) electrons. The average Bonchev–Trinajstić information content (AvgIpc) is 2.78. The highest BCUT2D eigenvalue weighted by Gasteiger charge is 2.30. The molecular weight excluding hydrogens is 207 g/mol. The maximum Gasteiger partial charge on any atom is 0.194 e. The number of guanidine groups is 1. The van der Waals surface area contributed by atoms with E-state index in [-0.39, 0.29) is 11.9 Å². The van der Waals surface area contributed by atoms with Gasteiger partial charge in [-0.3, -0.25) is 9.98 Å². The summed E-state index contributed by atoms with van der Waals surface area (Å²) in [7, 11) is 0. The van der Waals surface area contributed by atoms with Gasteiger partial charge in [0.1, 0.15) is 5.82 Å². The molecule has 0 spiro atoms. The van der Waals surface area contributed by atoms with E-state index in [2.05, 4.69) is 20.2 Å². The Morgan fingerprint density at radius 2 is 2.38 bits per heavy atom. The molecule has 4 nitrogen and oxygen atoms in total. The summed E-state index contributed by atoms with van der Waals surface area (Å²) in [5, 5.41) is 3.24. The van der Waals surface area contributed by atoms with Crippen LogP contribution in [-0.2, 0) is 0 Å². The monoisotopic (exact) mass is 220 g/mol. The quantitative estimate of drug-likeness (QED) is 0.765. The van der Waals surface area contributed by atoms with Crippen molar-refractivity contribution in [3.8, 4) is 0 Å². The first-order valence-corrected chi connectivity index (χ1v) is 5.51. The second kappa shape index (κ2) is 3.73. The molecule has 0 aromatic carbocycles. The van der Waals surface area contributed by atoms with Crippen LogP contribution in [-0.4, -0.2) is 35.5 Å². The molecule has 0 aliphatic carbocycles. The van der Waals surface area contributed by atoms with Crippen molar-refractivity contribution in [2.24, 2.45) is 4.99 Å². The summed E-state index contributed by atoms with van der Waals surface area (Å²) in [5.41, 5.74) is 0.928. The van der Waals surface area contributed by atoms with Crippen LogP contribution in [0.3, 0.4) is 0 Å². The van der Waals surface area contributed by atoms with Crippen LogP contribution in [0, 0.1) is 5.82 Å². The molecule has 1 N–H and O–H groups in total. The van der Waals surface area contributed by atoms with Crippen molar-refractivity contribution in [1.82, 2.24) is 15.2 Å². The van der Waals surface area contributed by atoms with E-state index in [1.165, 1.54) is 12.3 Å². The fraction of sp³-hybridized carbons (Fsp3) is 0.455. The van der Waals surface area contributed by atoms with Gasteiger partial charge in [-0.25, -0.2) is 4.39 Å². The van der Waals surface area contributed by atoms with Crippen molar-refractivity contribution in [2.75, 3.05) is 19.6 Å². The number of rotatable bonds is 1. The Labute approximate surface area is 93.2 Å². The number of nitrogens with one attached hydrogen (secondary N) is 1. The van der Waals surface area contributed by atoms with Gasteiger partial charge in [-0.1, -0.05) is 0 Å². The van der Waals surface area contributed by atoms with E-state index in [1.54, 1.807) is 6.07 Å². The van der Waals surface area contributed by atoms with E-state index in [0.29, 0.717) is 0 Å². The number of aliphatic imine (C=N–C) groups is 1. The van der Waals surface area contributed by atoms with Crippen LogP contribution in [0.25, 0.3) is 0 Å². The summed E-state index contributed by atoms with van der Waals surface area (Å²) in [6.07, 6.45) is 2.23. The summed E-state index contributed by atoms with van der Waals surface area (Å²) < 4.78 is 12.8. The van der Waals surface area contributed by atoms with Crippen LogP contribution in [0.4, 0.5) is 4.39 Å². The third-order valence-electron chi connectivity index (χ3n) is 3.04.